The average Bonchev–Trinajstić information content (AvgIpc) is 2.00. The lowest BCUT2D eigenvalue weighted by molar-refractivity contribution is -0.131. The maximum Gasteiger partial charge on any atom is 0.141 e. The third kappa shape index (κ3) is 4.26. The lowest BCUT2D eigenvalue weighted by Gasteiger charge is -2.29. The smallest absolute Gasteiger partial charge is 0.141 e. The lowest BCUT2D eigenvalue weighted by atomic mass is 9.74. The first-order chi connectivity index (χ1) is 6.10. The predicted octanol–water partition coefficient (Wildman–Crippen LogP) is 4.06. The molecule has 0 saturated carbocycles. The average molecular weight is 198 g/mol. The van der Waals surface area contributed by atoms with Crippen molar-refractivity contribution in [1.82, 2.24) is 0 Å². The Bertz CT molecular complexity index is 196. The van der Waals surface area contributed by atoms with E-state index >= 15 is 0 Å². The maximum atomic E-state index is 12.1. The van der Waals surface area contributed by atoms with E-state index in [1.165, 1.54) is 0 Å². The van der Waals surface area contributed by atoms with Crippen LogP contribution in [0.2, 0.25) is 0 Å². The van der Waals surface area contributed by atoms with Gasteiger partial charge in [-0.2, -0.15) is 0 Å². The Morgan fingerprint density at radius 1 is 1.14 bits per heavy atom. The first-order valence-corrected chi connectivity index (χ1v) is 5.64. The number of rotatable bonds is 4. The number of carbonyl (C=O) groups excluding carboxylic acids is 1. The van der Waals surface area contributed by atoms with Gasteiger partial charge in [0.1, 0.15) is 5.78 Å². The van der Waals surface area contributed by atoms with Crippen molar-refractivity contribution in [2.45, 2.75) is 61.3 Å². The van der Waals surface area contributed by atoms with Gasteiger partial charge < -0.3 is 0 Å². The summed E-state index contributed by atoms with van der Waals surface area (Å²) < 4.78 is 0. The molecule has 0 heterocycles. The molecule has 0 amide bonds. The summed E-state index contributed by atoms with van der Waals surface area (Å²) >= 11 is 0. The van der Waals surface area contributed by atoms with E-state index in [-0.39, 0.29) is 16.7 Å². The van der Waals surface area contributed by atoms with E-state index in [4.69, 9.17) is 0 Å². The summed E-state index contributed by atoms with van der Waals surface area (Å²) in [6.45, 7) is 14.8. The van der Waals surface area contributed by atoms with Crippen molar-refractivity contribution in [2.75, 3.05) is 0 Å². The van der Waals surface area contributed by atoms with E-state index in [0.29, 0.717) is 5.78 Å². The largest absolute Gasteiger partial charge is 0.299 e. The van der Waals surface area contributed by atoms with E-state index in [0.717, 1.165) is 12.8 Å². The third-order valence-electron chi connectivity index (χ3n) is 2.92. The Morgan fingerprint density at radius 3 is 1.86 bits per heavy atom. The van der Waals surface area contributed by atoms with Gasteiger partial charge in [-0.3, -0.25) is 4.79 Å². The Labute approximate surface area is 89.3 Å². The van der Waals surface area contributed by atoms with Crippen LogP contribution in [0.5, 0.6) is 0 Å². The number of hydrogen-bond donors (Lipinski definition) is 0. The van der Waals surface area contributed by atoms with Crippen LogP contribution in [-0.4, -0.2) is 5.78 Å². The number of carbonyl (C=O) groups is 1. The molecule has 1 heteroatoms. The zero-order chi connectivity index (χ0) is 11.6. The lowest BCUT2D eigenvalue weighted by Crippen LogP contribution is -2.31. The van der Waals surface area contributed by atoms with Crippen LogP contribution in [-0.2, 0) is 4.79 Å². The first-order valence-electron chi connectivity index (χ1n) is 5.64. The monoisotopic (exact) mass is 198 g/mol. The second kappa shape index (κ2) is 4.46. The summed E-state index contributed by atoms with van der Waals surface area (Å²) in [5, 5.41) is 0. The van der Waals surface area contributed by atoms with Gasteiger partial charge in [-0.1, -0.05) is 48.5 Å². The summed E-state index contributed by atoms with van der Waals surface area (Å²) in [5.41, 5.74) is 0.101. The molecule has 0 radical (unpaired) electrons. The molecular weight excluding hydrogens is 172 g/mol. The van der Waals surface area contributed by atoms with E-state index < -0.39 is 0 Å². The fourth-order valence-electron chi connectivity index (χ4n) is 1.85. The van der Waals surface area contributed by atoms with Crippen LogP contribution in [0, 0.1) is 16.7 Å². The highest BCUT2D eigenvalue weighted by Crippen LogP contribution is 2.31. The molecule has 0 aliphatic carbocycles. The van der Waals surface area contributed by atoms with Crippen LogP contribution in [0.1, 0.15) is 61.3 Å². The van der Waals surface area contributed by atoms with E-state index in [1.807, 2.05) is 0 Å². The molecule has 0 aliphatic rings. The molecule has 0 aromatic heterocycles. The Balaban J connectivity index is 4.41. The molecule has 0 bridgehead atoms. The second-order valence-corrected chi connectivity index (χ2v) is 6.27. The number of Topliss-reactive ketones (excluding diaryl/α,β-unsaturated/α-hetero) is 1. The summed E-state index contributed by atoms with van der Waals surface area (Å²) in [6, 6.07) is 0. The molecule has 1 atom stereocenters. The highest BCUT2D eigenvalue weighted by Gasteiger charge is 2.31. The molecule has 0 aromatic carbocycles. The molecule has 84 valence electrons. The molecule has 0 saturated heterocycles. The van der Waals surface area contributed by atoms with Crippen molar-refractivity contribution >= 4 is 5.78 Å². The Morgan fingerprint density at radius 2 is 1.57 bits per heavy atom. The highest BCUT2D eigenvalue weighted by atomic mass is 16.1. The van der Waals surface area contributed by atoms with Gasteiger partial charge in [0, 0.05) is 11.3 Å². The minimum Gasteiger partial charge on any atom is -0.299 e. The quantitative estimate of drug-likeness (QED) is 0.665. The van der Waals surface area contributed by atoms with Gasteiger partial charge in [-0.25, -0.2) is 0 Å². The van der Waals surface area contributed by atoms with E-state index in [9.17, 15) is 4.79 Å². The van der Waals surface area contributed by atoms with Crippen molar-refractivity contribution in [3.63, 3.8) is 0 Å². The van der Waals surface area contributed by atoms with Crippen LogP contribution < -0.4 is 0 Å². The number of hydrogen-bond acceptors (Lipinski definition) is 1. The Hall–Kier alpha value is -0.330. The van der Waals surface area contributed by atoms with Gasteiger partial charge in [0.2, 0.25) is 0 Å². The standard InChI is InChI=1S/C13H26O/c1-8-13(6,7)11(14)10(2)9-12(3,4)5/h10H,8-9H2,1-7H3. The normalized spacial score (nSPS) is 15.4. The maximum absolute atomic E-state index is 12.1. The zero-order valence-electron chi connectivity index (χ0n) is 10.9. The minimum atomic E-state index is -0.148. The van der Waals surface area contributed by atoms with Gasteiger partial charge >= 0.3 is 0 Å². The van der Waals surface area contributed by atoms with Crippen molar-refractivity contribution in [2.24, 2.45) is 16.7 Å². The molecule has 1 unspecified atom stereocenters. The van der Waals surface area contributed by atoms with Gasteiger partial charge in [-0.15, -0.1) is 0 Å². The highest BCUT2D eigenvalue weighted by molar-refractivity contribution is 5.85. The van der Waals surface area contributed by atoms with Crippen molar-refractivity contribution in [3.8, 4) is 0 Å². The molecule has 1 nitrogen and oxygen atoms in total. The summed E-state index contributed by atoms with van der Waals surface area (Å²) in [7, 11) is 0. The molecule has 0 aromatic rings. The molecule has 0 N–H and O–H groups in total. The minimum absolute atomic E-state index is 0.148. The predicted molar refractivity (Wildman–Crippen MR) is 62.3 cm³/mol. The summed E-state index contributed by atoms with van der Waals surface area (Å²) in [5.74, 6) is 0.597. The van der Waals surface area contributed by atoms with Gasteiger partial charge in [0.15, 0.2) is 0 Å². The van der Waals surface area contributed by atoms with Crippen LogP contribution in [0.25, 0.3) is 0 Å². The van der Waals surface area contributed by atoms with Gasteiger partial charge in [0.25, 0.3) is 0 Å². The molecule has 0 rings (SSSR count). The van der Waals surface area contributed by atoms with Crippen LogP contribution in [0.4, 0.5) is 0 Å². The van der Waals surface area contributed by atoms with Crippen LogP contribution >= 0.6 is 0 Å². The van der Waals surface area contributed by atoms with E-state index in [2.05, 4.69) is 48.5 Å². The SMILES string of the molecule is CCC(C)(C)C(=O)C(C)CC(C)(C)C. The van der Waals surface area contributed by atoms with Crippen molar-refractivity contribution in [1.29, 1.82) is 0 Å². The van der Waals surface area contributed by atoms with Gasteiger partial charge in [0.05, 0.1) is 0 Å². The Kier molecular flexibility index (Phi) is 4.35. The first kappa shape index (κ1) is 13.7. The molecule has 0 aliphatic heterocycles. The fraction of sp³-hybridized carbons (Fsp3) is 0.923. The molecule has 14 heavy (non-hydrogen) atoms. The molecule has 0 fully saturated rings. The van der Waals surface area contributed by atoms with Crippen molar-refractivity contribution in [3.05, 3.63) is 0 Å². The van der Waals surface area contributed by atoms with Crippen molar-refractivity contribution < 1.29 is 4.79 Å². The number of ketones is 1. The van der Waals surface area contributed by atoms with E-state index in [1.54, 1.807) is 0 Å². The van der Waals surface area contributed by atoms with Gasteiger partial charge in [-0.05, 0) is 18.3 Å². The van der Waals surface area contributed by atoms with Crippen LogP contribution in [0.15, 0.2) is 0 Å². The topological polar surface area (TPSA) is 17.1 Å². The third-order valence-corrected chi connectivity index (χ3v) is 2.92. The second-order valence-electron chi connectivity index (χ2n) is 6.27. The fourth-order valence-corrected chi connectivity index (χ4v) is 1.85. The summed E-state index contributed by atoms with van der Waals surface area (Å²) in [6.07, 6.45) is 1.91. The zero-order valence-corrected chi connectivity index (χ0v) is 10.9. The summed E-state index contributed by atoms with van der Waals surface area (Å²) in [4.78, 5) is 12.1. The molecule has 0 spiro atoms. The molecular formula is C13H26O. The van der Waals surface area contributed by atoms with Crippen LogP contribution in [0.3, 0.4) is 0 Å².